The smallest absolute Gasteiger partial charge is 0.472 e. The summed E-state index contributed by atoms with van der Waals surface area (Å²) in [5.41, 5.74) is 10.6. The lowest BCUT2D eigenvalue weighted by Gasteiger charge is -2.29. The van der Waals surface area contributed by atoms with Crippen LogP contribution in [0.2, 0.25) is 5.02 Å². The van der Waals surface area contributed by atoms with Gasteiger partial charge in [-0.15, -0.1) is 6.58 Å². The number of nitrogen functional groups attached to an aromatic ring is 2. The van der Waals surface area contributed by atoms with E-state index in [0.29, 0.717) is 0 Å². The molecule has 4 aromatic rings. The van der Waals surface area contributed by atoms with Gasteiger partial charge in [-0.3, -0.25) is 27.5 Å². The van der Waals surface area contributed by atoms with Crippen LogP contribution in [0.25, 0.3) is 11.2 Å². The molecule has 1 aromatic carbocycles. The number of rotatable bonds is 19. The Kier molecular flexibility index (Phi) is 15.0. The number of benzene rings is 1. The number of carbonyl (C=O) groups is 2. The monoisotopic (exact) mass is 945 g/mol. The molecule has 0 radical (unpaired) electrons. The van der Waals surface area contributed by atoms with Crippen LogP contribution >= 0.6 is 27.2 Å². The topological polar surface area (TPSA) is 368 Å². The molecule has 6 rings (SSSR count). The summed E-state index contributed by atoms with van der Waals surface area (Å²) in [5.74, 6) is -1.69. The van der Waals surface area contributed by atoms with Crippen LogP contribution in [-0.2, 0) is 46.5 Å². The number of aromatic nitrogens is 6. The van der Waals surface area contributed by atoms with Crippen molar-refractivity contribution in [1.82, 2.24) is 34.0 Å². The first-order chi connectivity index (χ1) is 29.8. The van der Waals surface area contributed by atoms with Crippen molar-refractivity contribution in [3.05, 3.63) is 77.3 Å². The van der Waals surface area contributed by atoms with Gasteiger partial charge in [0.15, 0.2) is 36.1 Å². The van der Waals surface area contributed by atoms with Gasteiger partial charge in [-0.05, 0) is 24.6 Å². The van der Waals surface area contributed by atoms with Gasteiger partial charge in [-0.25, -0.2) is 33.7 Å². The highest BCUT2D eigenvalue weighted by Gasteiger charge is 2.52. The van der Waals surface area contributed by atoms with Crippen molar-refractivity contribution in [2.24, 2.45) is 0 Å². The Morgan fingerprint density at radius 1 is 1.00 bits per heavy atom. The number of ether oxygens (including phenoxy) is 4. The minimum Gasteiger partial charge on any atom is -0.489 e. The molecule has 2 fully saturated rings. The molecule has 0 bridgehead atoms. The second-order valence-electron chi connectivity index (χ2n) is 13.8. The lowest BCUT2D eigenvalue weighted by Crippen LogP contribution is -2.50. The van der Waals surface area contributed by atoms with Crippen molar-refractivity contribution in [3.8, 4) is 5.75 Å². The second kappa shape index (κ2) is 19.9. The standard InChI is InChI=1S/C34H42ClN9O17P2/c1-3-4-9-23(45)42(2)18(12-55-19-8-6-5-7-17(19)35)33(48)60-27-20(58-32(25(27)46)44-16-40-24-29(37)38-15-39-30(24)44)14-57-63(53,54)61-28-21(13-56-62(50,51)52)59-31(26(28)47)43-11-10-22(36)41-34(43)49/h3,5-8,10-11,15-16,18,20-21,25-28,31-32,46-47H,1,4,9,12-14H2,2H3,(H,53,54)(H2,36,41,49)(H2,37,38,39)(H2,50,51,52)/t18-,20+,21+,25+,26+,27+,28+,31+,32+/m0/s1. The van der Waals surface area contributed by atoms with E-state index < -0.39 is 108 Å². The number of imidazole rings is 1. The number of carbonyl (C=O) groups excluding carboxylic acids is 2. The van der Waals surface area contributed by atoms with Crippen LogP contribution in [0.5, 0.6) is 5.75 Å². The van der Waals surface area contributed by atoms with Crippen LogP contribution in [0, 0.1) is 0 Å². The number of phosphoric acid groups is 2. The minimum absolute atomic E-state index is 0.0275. The van der Waals surface area contributed by atoms with Crippen LogP contribution in [0.3, 0.4) is 0 Å². The average molecular weight is 946 g/mol. The Labute approximate surface area is 360 Å². The molecule has 9 N–H and O–H groups in total. The Hall–Kier alpha value is -4.92. The SMILES string of the molecule is C=CCCC(=O)N(C)[C@@H](COc1ccccc1Cl)C(=O)O[C@H]1[C@@H](O)[C@H](n2cnc3c(N)ncnc32)O[C@@H]1COP(=O)(O)O[C@H]1[C@@H](O)[C@H](n2ccc(N)nc2=O)O[C@@H]1COP(=O)(O)O. The number of anilines is 2. The Morgan fingerprint density at radius 3 is 2.35 bits per heavy atom. The van der Waals surface area contributed by atoms with Gasteiger partial charge in [0.1, 0.15) is 60.5 Å². The molecule has 63 heavy (non-hydrogen) atoms. The molecule has 0 saturated carbocycles. The van der Waals surface area contributed by atoms with Crippen LogP contribution < -0.4 is 21.9 Å². The molecule has 10 atom stereocenters. The lowest BCUT2D eigenvalue weighted by atomic mass is 10.1. The summed E-state index contributed by atoms with van der Waals surface area (Å²) >= 11 is 6.26. The highest BCUT2D eigenvalue weighted by atomic mass is 35.5. The highest BCUT2D eigenvalue weighted by molar-refractivity contribution is 7.47. The Morgan fingerprint density at radius 2 is 1.67 bits per heavy atom. The Balaban J connectivity index is 1.26. The Bertz CT molecular complexity index is 2460. The maximum absolute atomic E-state index is 14.1. The summed E-state index contributed by atoms with van der Waals surface area (Å²) in [4.78, 5) is 86.2. The number of halogens is 1. The number of para-hydroxylation sites is 1. The fourth-order valence-electron chi connectivity index (χ4n) is 6.50. The van der Waals surface area contributed by atoms with Gasteiger partial charge in [-0.2, -0.15) is 4.98 Å². The summed E-state index contributed by atoms with van der Waals surface area (Å²) in [5, 5.41) is 23.1. The number of fused-ring (bicyclic) bond motifs is 1. The molecule has 0 aliphatic carbocycles. The third kappa shape index (κ3) is 11.2. The molecule has 2 aliphatic rings. The number of aliphatic hydroxyl groups excluding tert-OH is 2. The highest BCUT2D eigenvalue weighted by Crippen LogP contribution is 2.50. The minimum atomic E-state index is -5.45. The van der Waals surface area contributed by atoms with E-state index in [1.54, 1.807) is 12.1 Å². The molecule has 29 heteroatoms. The molecular formula is C34H42ClN9O17P2. The van der Waals surface area contributed by atoms with E-state index in [2.05, 4.69) is 31.0 Å². The maximum atomic E-state index is 14.1. The van der Waals surface area contributed by atoms with E-state index in [1.807, 2.05) is 0 Å². The van der Waals surface area contributed by atoms with E-state index in [0.717, 1.165) is 22.0 Å². The first kappa shape index (κ1) is 47.6. The molecule has 342 valence electrons. The number of nitrogens with zero attached hydrogens (tertiary/aromatic N) is 7. The molecule has 2 aliphatic heterocycles. The third-order valence-electron chi connectivity index (χ3n) is 9.65. The molecule has 26 nitrogen and oxygen atoms in total. The number of aliphatic hydroxyl groups is 2. The van der Waals surface area contributed by atoms with Crippen molar-refractivity contribution in [2.75, 3.05) is 38.3 Å². The molecule has 1 unspecified atom stereocenters. The number of esters is 1. The zero-order valence-electron chi connectivity index (χ0n) is 32.8. The number of phosphoric ester groups is 2. The molecule has 0 spiro atoms. The van der Waals surface area contributed by atoms with Gasteiger partial charge in [-0.1, -0.05) is 29.8 Å². The van der Waals surface area contributed by atoms with E-state index in [-0.39, 0.29) is 46.4 Å². The van der Waals surface area contributed by atoms with Crippen molar-refractivity contribution in [2.45, 2.75) is 68.0 Å². The fraction of sp³-hybridized carbons (Fsp3) is 0.441. The average Bonchev–Trinajstić information content (AvgIpc) is 3.88. The number of allylic oxidation sites excluding steroid dienone is 1. The third-order valence-corrected chi connectivity index (χ3v) is 11.4. The number of hydrogen-bond acceptors (Lipinski definition) is 20. The fourth-order valence-corrected chi connectivity index (χ4v) is 7.99. The summed E-state index contributed by atoms with van der Waals surface area (Å²) in [6.07, 6.45) is -9.01. The normalized spacial score (nSPS) is 25.1. The van der Waals surface area contributed by atoms with Crippen LogP contribution in [0.4, 0.5) is 11.6 Å². The summed E-state index contributed by atoms with van der Waals surface area (Å²) in [6.45, 7) is 1.08. The predicted octanol–water partition coefficient (Wildman–Crippen LogP) is -0.187. The molecule has 5 heterocycles. The summed E-state index contributed by atoms with van der Waals surface area (Å²) in [7, 11) is -9.31. The van der Waals surface area contributed by atoms with Gasteiger partial charge >= 0.3 is 27.3 Å². The van der Waals surface area contributed by atoms with E-state index in [1.165, 1.54) is 42.2 Å². The zero-order chi connectivity index (χ0) is 45.8. The van der Waals surface area contributed by atoms with E-state index in [9.17, 15) is 48.4 Å². The van der Waals surface area contributed by atoms with Gasteiger partial charge < -0.3 is 60.2 Å². The van der Waals surface area contributed by atoms with Gasteiger partial charge in [0.2, 0.25) is 5.91 Å². The van der Waals surface area contributed by atoms with Gasteiger partial charge in [0.05, 0.1) is 24.6 Å². The molecule has 1 amide bonds. The molecule has 3 aromatic heterocycles. The number of hydrogen-bond donors (Lipinski definition) is 7. The number of amides is 1. The van der Waals surface area contributed by atoms with E-state index >= 15 is 0 Å². The molecule has 2 saturated heterocycles. The lowest BCUT2D eigenvalue weighted by molar-refractivity contribution is -0.166. The first-order valence-corrected chi connectivity index (χ1v) is 21.9. The maximum Gasteiger partial charge on any atom is 0.472 e. The summed E-state index contributed by atoms with van der Waals surface area (Å²) in [6, 6.07) is 6.02. The van der Waals surface area contributed by atoms with Crippen molar-refractivity contribution < 1.29 is 76.1 Å². The first-order valence-electron chi connectivity index (χ1n) is 18.5. The number of likely N-dealkylation sites (N-methyl/N-ethyl adjacent to an activating group) is 1. The second-order valence-corrected chi connectivity index (χ2v) is 16.9. The van der Waals surface area contributed by atoms with Crippen LogP contribution in [-0.4, -0.2) is 140 Å². The largest absolute Gasteiger partial charge is 0.489 e. The summed E-state index contributed by atoms with van der Waals surface area (Å²) < 4.78 is 65.4. The van der Waals surface area contributed by atoms with Crippen molar-refractivity contribution in [3.63, 3.8) is 0 Å². The van der Waals surface area contributed by atoms with E-state index in [4.69, 9.17) is 51.1 Å². The van der Waals surface area contributed by atoms with Crippen molar-refractivity contribution >= 4 is 61.9 Å². The van der Waals surface area contributed by atoms with Crippen LogP contribution in [0.1, 0.15) is 25.3 Å². The van der Waals surface area contributed by atoms with Gasteiger partial charge in [0, 0.05) is 19.7 Å². The molecular weight excluding hydrogens is 904 g/mol. The quantitative estimate of drug-likeness (QED) is 0.0364. The van der Waals surface area contributed by atoms with Gasteiger partial charge in [0.25, 0.3) is 0 Å². The zero-order valence-corrected chi connectivity index (χ0v) is 35.4. The number of nitrogens with two attached hydrogens (primary N) is 2. The van der Waals surface area contributed by atoms with Crippen molar-refractivity contribution in [1.29, 1.82) is 0 Å². The van der Waals surface area contributed by atoms with Crippen LogP contribution in [0.15, 0.2) is 66.6 Å². The predicted molar refractivity (Wildman–Crippen MR) is 214 cm³/mol.